The Labute approximate surface area is 281 Å². The molecule has 0 amide bonds. The second kappa shape index (κ2) is 10.9. The van der Waals surface area contributed by atoms with Gasteiger partial charge in [0.05, 0.1) is 39.3 Å². The van der Waals surface area contributed by atoms with Crippen molar-refractivity contribution in [3.63, 3.8) is 0 Å². The summed E-state index contributed by atoms with van der Waals surface area (Å²) in [5, 5.41) is 15.1. The summed E-state index contributed by atoms with van der Waals surface area (Å²) in [4.78, 5) is 17.6. The van der Waals surface area contributed by atoms with Gasteiger partial charge in [0, 0.05) is 43.6 Å². The summed E-state index contributed by atoms with van der Waals surface area (Å²) in [7, 11) is 0. The molecule has 0 N–H and O–H groups in total. The maximum absolute atomic E-state index is 5.41. The van der Waals surface area contributed by atoms with E-state index in [9.17, 15) is 0 Å². The number of hydrogen-bond acceptors (Lipinski definition) is 5. The van der Waals surface area contributed by atoms with E-state index < -0.39 is 0 Å². The smallest absolute Gasteiger partial charge is 0.122 e. The van der Waals surface area contributed by atoms with Gasteiger partial charge in [0.1, 0.15) is 11.0 Å². The Kier molecular flexibility index (Phi) is 6.08. The highest BCUT2D eigenvalue weighted by Gasteiger charge is 2.19. The van der Waals surface area contributed by atoms with Gasteiger partial charge in [0.2, 0.25) is 0 Å². The molecule has 0 bridgehead atoms. The Hall–Kier alpha value is -6.79. The lowest BCUT2D eigenvalue weighted by Crippen LogP contribution is -1.97. The molecule has 6 nitrogen and oxygen atoms in total. The maximum atomic E-state index is 5.41. The molecule has 10 aromatic rings. The van der Waals surface area contributed by atoms with E-state index in [0.717, 1.165) is 94.0 Å². The number of rotatable bonds is 4. The van der Waals surface area contributed by atoms with Crippen LogP contribution >= 0.6 is 0 Å². The van der Waals surface area contributed by atoms with Crippen molar-refractivity contribution in [3.8, 4) is 39.5 Å². The minimum atomic E-state index is 0.823. The third-order valence-electron chi connectivity index (χ3n) is 9.24. The predicted molar refractivity (Wildman–Crippen MR) is 199 cm³/mol. The van der Waals surface area contributed by atoms with Gasteiger partial charge < -0.3 is 0 Å². The number of fused-ring (bicyclic) bond motifs is 8. The highest BCUT2D eigenvalue weighted by Crippen LogP contribution is 2.39. The lowest BCUT2D eigenvalue weighted by Gasteiger charge is -2.14. The topological polar surface area (TPSA) is 69.4 Å². The SMILES string of the molecule is c1ccc(-c2ccc3ccc4ccc(-c5cccc6c5nc(-c5ccccc5)c5ccc7nn(-c8ccccc8)nc7c56)nc4c3n2)cc1. The second-order valence-electron chi connectivity index (χ2n) is 12.2. The Balaban J connectivity index is 1.25. The number of pyridine rings is 3. The van der Waals surface area contributed by atoms with Crippen molar-refractivity contribution in [2.45, 2.75) is 0 Å². The Morgan fingerprint density at radius 2 is 1.02 bits per heavy atom. The van der Waals surface area contributed by atoms with Crippen molar-refractivity contribution >= 4 is 54.5 Å². The van der Waals surface area contributed by atoms with Crippen molar-refractivity contribution < 1.29 is 0 Å². The van der Waals surface area contributed by atoms with E-state index >= 15 is 0 Å². The van der Waals surface area contributed by atoms with Crippen LogP contribution in [-0.2, 0) is 0 Å². The predicted octanol–water partition coefficient (Wildman–Crippen LogP) is 10.2. The van der Waals surface area contributed by atoms with Gasteiger partial charge in [-0.15, -0.1) is 10.2 Å². The molecule has 4 heterocycles. The summed E-state index contributed by atoms with van der Waals surface area (Å²) >= 11 is 0. The van der Waals surface area contributed by atoms with Crippen molar-refractivity contribution in [3.05, 3.63) is 158 Å². The normalized spacial score (nSPS) is 11.7. The van der Waals surface area contributed by atoms with Crippen LogP contribution in [0.4, 0.5) is 0 Å². The van der Waals surface area contributed by atoms with Crippen LogP contribution in [0.15, 0.2) is 158 Å². The molecule has 0 aliphatic carbocycles. The Morgan fingerprint density at radius 1 is 0.388 bits per heavy atom. The van der Waals surface area contributed by atoms with Gasteiger partial charge in [0.15, 0.2) is 0 Å². The highest BCUT2D eigenvalue weighted by atomic mass is 15.5. The van der Waals surface area contributed by atoms with E-state index in [2.05, 4.69) is 97.1 Å². The second-order valence-corrected chi connectivity index (χ2v) is 12.2. The third kappa shape index (κ3) is 4.46. The number of para-hydroxylation sites is 2. The molecule has 228 valence electrons. The lowest BCUT2D eigenvalue weighted by molar-refractivity contribution is 0.766. The first kappa shape index (κ1) is 27.3. The molecule has 10 rings (SSSR count). The van der Waals surface area contributed by atoms with Gasteiger partial charge in [-0.25, -0.2) is 15.0 Å². The average Bonchev–Trinajstić information content (AvgIpc) is 3.63. The first-order valence-corrected chi connectivity index (χ1v) is 16.3. The third-order valence-corrected chi connectivity index (χ3v) is 9.24. The minimum absolute atomic E-state index is 0.823. The first-order valence-electron chi connectivity index (χ1n) is 16.3. The van der Waals surface area contributed by atoms with Crippen LogP contribution < -0.4 is 0 Å². The van der Waals surface area contributed by atoms with E-state index in [-0.39, 0.29) is 0 Å². The number of hydrogen-bond donors (Lipinski definition) is 0. The Bertz CT molecular complexity index is 2860. The van der Waals surface area contributed by atoms with Crippen molar-refractivity contribution in [2.24, 2.45) is 0 Å². The van der Waals surface area contributed by atoms with Crippen molar-refractivity contribution in [2.75, 3.05) is 0 Å². The molecule has 6 heteroatoms. The molecule has 49 heavy (non-hydrogen) atoms. The number of aromatic nitrogens is 6. The minimum Gasteiger partial charge on any atom is -0.246 e. The zero-order valence-electron chi connectivity index (χ0n) is 26.2. The first-order chi connectivity index (χ1) is 24.3. The zero-order chi connectivity index (χ0) is 32.3. The molecule has 0 unspecified atom stereocenters. The summed E-state index contributed by atoms with van der Waals surface area (Å²) in [5.41, 5.74) is 10.9. The fourth-order valence-corrected chi connectivity index (χ4v) is 6.88. The molecule has 6 aromatic carbocycles. The van der Waals surface area contributed by atoms with Gasteiger partial charge in [-0.3, -0.25) is 0 Å². The van der Waals surface area contributed by atoms with Crippen LogP contribution in [0.5, 0.6) is 0 Å². The molecule has 0 fully saturated rings. The molecule has 0 radical (unpaired) electrons. The fraction of sp³-hybridized carbons (Fsp3) is 0. The van der Waals surface area contributed by atoms with Gasteiger partial charge in [-0.05, 0) is 36.4 Å². The molecule has 0 aliphatic rings. The number of benzene rings is 6. The van der Waals surface area contributed by atoms with Crippen LogP contribution in [0.2, 0.25) is 0 Å². The molecule has 0 saturated carbocycles. The average molecular weight is 627 g/mol. The molecule has 0 aliphatic heterocycles. The number of nitrogens with zero attached hydrogens (tertiary/aromatic N) is 6. The molecule has 0 spiro atoms. The summed E-state index contributed by atoms with van der Waals surface area (Å²) in [5.74, 6) is 0. The van der Waals surface area contributed by atoms with Crippen LogP contribution in [0.25, 0.3) is 94.0 Å². The van der Waals surface area contributed by atoms with Crippen molar-refractivity contribution in [1.82, 2.24) is 29.9 Å². The summed E-state index contributed by atoms with van der Waals surface area (Å²) in [6.45, 7) is 0. The van der Waals surface area contributed by atoms with Crippen LogP contribution in [0, 0.1) is 0 Å². The monoisotopic (exact) mass is 626 g/mol. The summed E-state index contributed by atoms with van der Waals surface area (Å²) < 4.78 is 0. The summed E-state index contributed by atoms with van der Waals surface area (Å²) in [6, 6.07) is 53.8. The van der Waals surface area contributed by atoms with Gasteiger partial charge in [0.25, 0.3) is 0 Å². The largest absolute Gasteiger partial charge is 0.246 e. The molecule has 0 atom stereocenters. The van der Waals surface area contributed by atoms with E-state index in [1.807, 2.05) is 60.7 Å². The zero-order valence-corrected chi connectivity index (χ0v) is 26.2. The van der Waals surface area contributed by atoms with Gasteiger partial charge in [-0.2, -0.15) is 4.80 Å². The lowest BCUT2D eigenvalue weighted by atomic mass is 9.96. The van der Waals surface area contributed by atoms with Crippen LogP contribution in [0.3, 0.4) is 0 Å². The molecule has 4 aromatic heterocycles. The molecular weight excluding hydrogens is 601 g/mol. The standard InChI is InChI=1S/C43H26N6/c1-4-11-27(12-5-1)35-24-21-29-19-20-30-22-25-36(45-41(30)40(29)44-35)32-17-10-18-33-38-34(39(46-42(32)33)28-13-6-2-7-14-28)23-26-37-43(38)48-49(47-37)31-15-8-3-9-16-31/h1-26H. The highest BCUT2D eigenvalue weighted by molar-refractivity contribution is 6.22. The van der Waals surface area contributed by atoms with E-state index in [1.165, 1.54) is 0 Å². The van der Waals surface area contributed by atoms with Gasteiger partial charge in [-0.1, -0.05) is 121 Å². The fourth-order valence-electron chi connectivity index (χ4n) is 6.88. The quantitative estimate of drug-likeness (QED) is 0.182. The molecular formula is C43H26N6. The van der Waals surface area contributed by atoms with E-state index in [1.54, 1.807) is 4.80 Å². The van der Waals surface area contributed by atoms with E-state index in [0.29, 0.717) is 0 Å². The van der Waals surface area contributed by atoms with Crippen LogP contribution in [-0.4, -0.2) is 29.9 Å². The maximum Gasteiger partial charge on any atom is 0.122 e. The summed E-state index contributed by atoms with van der Waals surface area (Å²) in [6.07, 6.45) is 0. The van der Waals surface area contributed by atoms with E-state index in [4.69, 9.17) is 25.1 Å². The Morgan fingerprint density at radius 3 is 1.76 bits per heavy atom. The van der Waals surface area contributed by atoms with Gasteiger partial charge >= 0.3 is 0 Å². The van der Waals surface area contributed by atoms with Crippen molar-refractivity contribution in [1.29, 1.82) is 0 Å². The van der Waals surface area contributed by atoms with Crippen LogP contribution in [0.1, 0.15) is 0 Å². The molecule has 0 saturated heterocycles.